The lowest BCUT2D eigenvalue weighted by molar-refractivity contribution is -0.141. The molecule has 2 aliphatic heterocycles. The smallest absolute Gasteiger partial charge is 0.222 e. The van der Waals surface area contributed by atoms with E-state index in [2.05, 4.69) is 29.0 Å². The summed E-state index contributed by atoms with van der Waals surface area (Å²) in [6.07, 6.45) is 3.74. The lowest BCUT2D eigenvalue weighted by Crippen LogP contribution is -2.56. The molecule has 2 fully saturated rings. The van der Waals surface area contributed by atoms with Gasteiger partial charge in [-0.05, 0) is 37.6 Å². The fourth-order valence-electron chi connectivity index (χ4n) is 3.98. The van der Waals surface area contributed by atoms with Crippen LogP contribution in [0.25, 0.3) is 0 Å². The van der Waals surface area contributed by atoms with Gasteiger partial charge in [0.1, 0.15) is 5.01 Å². The number of hydrogen-bond acceptors (Lipinski definition) is 5. The van der Waals surface area contributed by atoms with Gasteiger partial charge in [-0.25, -0.2) is 4.98 Å². The third-order valence-electron chi connectivity index (χ3n) is 5.35. The standard InChI is InChI=1S/C18H30N4OS.2ClH/c1-13(2)15-12-24-17(20-15)11-21-9-6-16-14(10-21)4-5-18(23)22(16)8-3-7-19;;/h12-14,16H,3-11,19H2,1-2H3;2*1H/t14-,16+;;/m0../s1. The minimum Gasteiger partial charge on any atom is -0.339 e. The van der Waals surface area contributed by atoms with Crippen LogP contribution in [0.4, 0.5) is 0 Å². The Kier molecular flexibility index (Phi) is 9.83. The van der Waals surface area contributed by atoms with Crippen molar-refractivity contribution in [3.8, 4) is 0 Å². The maximum absolute atomic E-state index is 12.3. The summed E-state index contributed by atoms with van der Waals surface area (Å²) in [7, 11) is 0. The van der Waals surface area contributed by atoms with Crippen molar-refractivity contribution in [1.82, 2.24) is 14.8 Å². The van der Waals surface area contributed by atoms with Crippen molar-refractivity contribution in [2.75, 3.05) is 26.2 Å². The molecule has 3 heterocycles. The maximum atomic E-state index is 12.3. The lowest BCUT2D eigenvalue weighted by Gasteiger charge is -2.47. The normalized spacial score (nSPS) is 23.4. The van der Waals surface area contributed by atoms with E-state index in [4.69, 9.17) is 10.7 Å². The first-order valence-electron chi connectivity index (χ1n) is 9.24. The van der Waals surface area contributed by atoms with E-state index < -0.39 is 0 Å². The zero-order valence-electron chi connectivity index (χ0n) is 15.7. The first kappa shape index (κ1) is 23.6. The number of amides is 1. The zero-order valence-corrected chi connectivity index (χ0v) is 18.2. The molecular formula is C18H32Cl2N4OS. The molecule has 0 bridgehead atoms. The van der Waals surface area contributed by atoms with Crippen LogP contribution in [0.15, 0.2) is 5.38 Å². The third-order valence-corrected chi connectivity index (χ3v) is 6.20. The highest BCUT2D eigenvalue weighted by molar-refractivity contribution is 7.09. The van der Waals surface area contributed by atoms with E-state index in [0.29, 0.717) is 36.8 Å². The molecule has 26 heavy (non-hydrogen) atoms. The van der Waals surface area contributed by atoms with Gasteiger partial charge < -0.3 is 10.6 Å². The molecule has 3 rings (SSSR count). The second-order valence-corrected chi connectivity index (χ2v) is 8.38. The molecule has 150 valence electrons. The van der Waals surface area contributed by atoms with Crippen LogP contribution in [0.5, 0.6) is 0 Å². The number of thiazole rings is 1. The van der Waals surface area contributed by atoms with Crippen molar-refractivity contribution < 1.29 is 4.79 Å². The van der Waals surface area contributed by atoms with E-state index >= 15 is 0 Å². The molecule has 2 saturated heterocycles. The number of rotatable bonds is 6. The topological polar surface area (TPSA) is 62.5 Å². The summed E-state index contributed by atoms with van der Waals surface area (Å²) in [5.41, 5.74) is 6.85. The number of carbonyl (C=O) groups excluding carboxylic acids is 1. The molecule has 0 radical (unpaired) electrons. The summed E-state index contributed by atoms with van der Waals surface area (Å²) < 4.78 is 0. The van der Waals surface area contributed by atoms with Crippen molar-refractivity contribution in [3.63, 3.8) is 0 Å². The molecule has 0 aromatic carbocycles. The van der Waals surface area contributed by atoms with Crippen LogP contribution in [0, 0.1) is 5.92 Å². The van der Waals surface area contributed by atoms with Crippen LogP contribution in [-0.4, -0.2) is 52.9 Å². The number of hydrogen-bond donors (Lipinski definition) is 1. The number of halogens is 2. The minimum absolute atomic E-state index is 0. The Labute approximate surface area is 173 Å². The summed E-state index contributed by atoms with van der Waals surface area (Å²) in [5.74, 6) is 1.44. The van der Waals surface area contributed by atoms with Gasteiger partial charge in [-0.1, -0.05) is 13.8 Å². The van der Waals surface area contributed by atoms with Gasteiger partial charge in [0.25, 0.3) is 0 Å². The molecule has 1 aromatic heterocycles. The molecule has 0 saturated carbocycles. The van der Waals surface area contributed by atoms with Crippen molar-refractivity contribution in [1.29, 1.82) is 0 Å². The molecule has 0 unspecified atom stereocenters. The molecule has 2 N–H and O–H groups in total. The van der Waals surface area contributed by atoms with Crippen molar-refractivity contribution in [2.45, 2.75) is 58.0 Å². The Bertz CT molecular complexity index is 569. The quantitative estimate of drug-likeness (QED) is 0.763. The SMILES string of the molecule is CC(C)c1csc(CN2CC[C@@H]3[C@@H](CCC(=O)N3CCCN)C2)n1.Cl.Cl. The number of piperidine rings is 2. The van der Waals surface area contributed by atoms with Crippen LogP contribution in [0.3, 0.4) is 0 Å². The van der Waals surface area contributed by atoms with Gasteiger partial charge in [-0.3, -0.25) is 9.69 Å². The lowest BCUT2D eigenvalue weighted by atomic mass is 9.83. The van der Waals surface area contributed by atoms with Gasteiger partial charge in [-0.15, -0.1) is 36.2 Å². The zero-order chi connectivity index (χ0) is 17.1. The fraction of sp³-hybridized carbons (Fsp3) is 0.778. The fourth-order valence-corrected chi connectivity index (χ4v) is 4.97. The average molecular weight is 423 g/mol. The highest BCUT2D eigenvalue weighted by atomic mass is 35.5. The van der Waals surface area contributed by atoms with Gasteiger partial charge in [0, 0.05) is 37.5 Å². The van der Waals surface area contributed by atoms with Crippen molar-refractivity contribution in [3.05, 3.63) is 16.1 Å². The number of fused-ring (bicyclic) bond motifs is 1. The number of aromatic nitrogens is 1. The Morgan fingerprint density at radius 3 is 2.77 bits per heavy atom. The van der Waals surface area contributed by atoms with Gasteiger partial charge in [-0.2, -0.15) is 0 Å². The first-order valence-corrected chi connectivity index (χ1v) is 10.1. The van der Waals surface area contributed by atoms with Crippen molar-refractivity contribution >= 4 is 42.1 Å². The Hall–Kier alpha value is -0.400. The highest BCUT2D eigenvalue weighted by Crippen LogP contribution is 2.32. The van der Waals surface area contributed by atoms with Gasteiger partial charge in [0.15, 0.2) is 0 Å². The molecule has 0 aliphatic carbocycles. The van der Waals surface area contributed by atoms with E-state index in [-0.39, 0.29) is 24.8 Å². The number of carbonyl (C=O) groups is 1. The van der Waals surface area contributed by atoms with Gasteiger partial charge in [0.05, 0.1) is 12.2 Å². The molecular weight excluding hydrogens is 391 g/mol. The summed E-state index contributed by atoms with van der Waals surface area (Å²) in [5, 5.41) is 3.42. The molecule has 1 aromatic rings. The van der Waals surface area contributed by atoms with E-state index in [0.717, 1.165) is 45.4 Å². The van der Waals surface area contributed by atoms with E-state index in [1.165, 1.54) is 10.7 Å². The molecule has 1 amide bonds. The average Bonchev–Trinajstić information content (AvgIpc) is 3.03. The largest absolute Gasteiger partial charge is 0.339 e. The number of nitrogens with zero attached hydrogens (tertiary/aromatic N) is 3. The molecule has 2 atom stereocenters. The summed E-state index contributed by atoms with van der Waals surface area (Å²) in [6, 6.07) is 0.427. The van der Waals surface area contributed by atoms with Gasteiger partial charge in [0.2, 0.25) is 5.91 Å². The minimum atomic E-state index is 0. The predicted octanol–water partition coefficient (Wildman–Crippen LogP) is 3.27. The second-order valence-electron chi connectivity index (χ2n) is 7.44. The predicted molar refractivity (Wildman–Crippen MR) is 112 cm³/mol. The molecule has 2 aliphatic rings. The Morgan fingerprint density at radius 2 is 2.12 bits per heavy atom. The van der Waals surface area contributed by atoms with Crippen LogP contribution >= 0.6 is 36.2 Å². The molecule has 8 heteroatoms. The second kappa shape index (κ2) is 10.8. The molecule has 5 nitrogen and oxygen atoms in total. The summed E-state index contributed by atoms with van der Waals surface area (Å²) >= 11 is 1.78. The summed E-state index contributed by atoms with van der Waals surface area (Å²) in [6.45, 7) is 8.99. The van der Waals surface area contributed by atoms with Crippen LogP contribution in [0.1, 0.15) is 56.2 Å². The van der Waals surface area contributed by atoms with E-state index in [1.807, 2.05) is 0 Å². The Balaban J connectivity index is 0.00000169. The summed E-state index contributed by atoms with van der Waals surface area (Å²) in [4.78, 5) is 21.7. The van der Waals surface area contributed by atoms with Crippen LogP contribution < -0.4 is 5.73 Å². The van der Waals surface area contributed by atoms with E-state index in [1.54, 1.807) is 11.3 Å². The third kappa shape index (κ3) is 5.55. The maximum Gasteiger partial charge on any atom is 0.222 e. The number of nitrogens with two attached hydrogens (primary N) is 1. The van der Waals surface area contributed by atoms with Crippen LogP contribution in [0.2, 0.25) is 0 Å². The van der Waals surface area contributed by atoms with Gasteiger partial charge >= 0.3 is 0 Å². The first-order chi connectivity index (χ1) is 11.6. The highest BCUT2D eigenvalue weighted by Gasteiger charge is 2.38. The van der Waals surface area contributed by atoms with Crippen molar-refractivity contribution in [2.24, 2.45) is 11.7 Å². The molecule has 0 spiro atoms. The monoisotopic (exact) mass is 422 g/mol. The van der Waals surface area contributed by atoms with E-state index in [9.17, 15) is 4.79 Å². The van der Waals surface area contributed by atoms with Crippen LogP contribution in [-0.2, 0) is 11.3 Å². The Morgan fingerprint density at radius 1 is 1.35 bits per heavy atom. The number of likely N-dealkylation sites (tertiary alicyclic amines) is 2.